The summed E-state index contributed by atoms with van der Waals surface area (Å²) in [4.78, 5) is 26.0. The number of likely N-dealkylation sites (tertiary alicyclic amines) is 1. The standard InChI is InChI=1S/C24H33N5O2/c1-3-9-29(14-18-4-5-18)23-12-22(25-16-26-23)24(31)27-21-7-6-19(11-17(21)2)13-28-10-8-20(30)15-28/h6-7,11-12,16,18,20,30H,3-5,8-10,13-15H2,1-2H3,(H,27,31). The second kappa shape index (κ2) is 9.75. The highest BCUT2D eigenvalue weighted by atomic mass is 16.3. The van der Waals surface area contributed by atoms with Crippen LogP contribution in [-0.2, 0) is 6.54 Å². The molecule has 0 spiro atoms. The summed E-state index contributed by atoms with van der Waals surface area (Å²) in [5.74, 6) is 1.36. The van der Waals surface area contributed by atoms with Gasteiger partial charge in [-0.1, -0.05) is 19.1 Å². The molecule has 1 aliphatic carbocycles. The molecule has 7 heteroatoms. The van der Waals surface area contributed by atoms with E-state index in [0.717, 1.165) is 68.6 Å². The van der Waals surface area contributed by atoms with Crippen LogP contribution in [0.4, 0.5) is 11.5 Å². The van der Waals surface area contributed by atoms with Crippen LogP contribution in [-0.4, -0.2) is 58.2 Å². The molecule has 2 N–H and O–H groups in total. The van der Waals surface area contributed by atoms with Gasteiger partial charge in [0.25, 0.3) is 5.91 Å². The average molecular weight is 424 g/mol. The zero-order chi connectivity index (χ0) is 21.8. The monoisotopic (exact) mass is 423 g/mol. The first-order valence-corrected chi connectivity index (χ1v) is 11.4. The van der Waals surface area contributed by atoms with Gasteiger partial charge in [-0.25, -0.2) is 9.97 Å². The van der Waals surface area contributed by atoms with Gasteiger partial charge in [0.1, 0.15) is 17.8 Å². The Morgan fingerprint density at radius 3 is 2.77 bits per heavy atom. The Hall–Kier alpha value is -2.51. The molecular formula is C24H33N5O2. The van der Waals surface area contributed by atoms with Crippen molar-refractivity contribution in [3.05, 3.63) is 47.4 Å². The lowest BCUT2D eigenvalue weighted by molar-refractivity contribution is 0.102. The molecule has 0 radical (unpaired) electrons. The molecule has 1 saturated heterocycles. The summed E-state index contributed by atoms with van der Waals surface area (Å²) in [6, 6.07) is 7.89. The van der Waals surface area contributed by atoms with Gasteiger partial charge in [-0.05, 0) is 55.7 Å². The smallest absolute Gasteiger partial charge is 0.274 e. The van der Waals surface area contributed by atoms with Crippen LogP contribution in [0.2, 0.25) is 0 Å². The highest BCUT2D eigenvalue weighted by molar-refractivity contribution is 6.03. The quantitative estimate of drug-likeness (QED) is 0.644. The van der Waals surface area contributed by atoms with E-state index in [-0.39, 0.29) is 12.0 Å². The van der Waals surface area contributed by atoms with Crippen LogP contribution < -0.4 is 10.2 Å². The first kappa shape index (κ1) is 21.7. The number of nitrogens with zero attached hydrogens (tertiary/aromatic N) is 4. The molecule has 1 aliphatic heterocycles. The van der Waals surface area contributed by atoms with Gasteiger partial charge in [0, 0.05) is 44.5 Å². The Kier molecular flexibility index (Phi) is 6.83. The number of hydrogen-bond acceptors (Lipinski definition) is 6. The van der Waals surface area contributed by atoms with Crippen LogP contribution in [0, 0.1) is 12.8 Å². The van der Waals surface area contributed by atoms with E-state index in [4.69, 9.17) is 0 Å². The molecule has 0 bridgehead atoms. The predicted molar refractivity (Wildman–Crippen MR) is 122 cm³/mol. The minimum absolute atomic E-state index is 0.213. The van der Waals surface area contributed by atoms with Crippen molar-refractivity contribution in [3.63, 3.8) is 0 Å². The van der Waals surface area contributed by atoms with Crippen LogP contribution in [0.1, 0.15) is 54.2 Å². The van der Waals surface area contributed by atoms with Gasteiger partial charge in [-0.2, -0.15) is 0 Å². The zero-order valence-electron chi connectivity index (χ0n) is 18.5. The van der Waals surface area contributed by atoms with Crippen LogP contribution in [0.15, 0.2) is 30.6 Å². The number of aryl methyl sites for hydroxylation is 1. The fourth-order valence-electron chi connectivity index (χ4n) is 4.19. The number of aliphatic hydroxyl groups is 1. The third-order valence-electron chi connectivity index (χ3n) is 6.07. The van der Waals surface area contributed by atoms with Crippen molar-refractivity contribution in [2.75, 3.05) is 36.4 Å². The molecule has 31 heavy (non-hydrogen) atoms. The van der Waals surface area contributed by atoms with Gasteiger partial charge >= 0.3 is 0 Å². The minimum atomic E-state index is -0.218. The molecule has 2 aliphatic rings. The molecule has 2 fully saturated rings. The van der Waals surface area contributed by atoms with E-state index in [1.807, 2.05) is 19.1 Å². The number of carbonyl (C=O) groups excluding carboxylic acids is 1. The fraction of sp³-hybridized carbons (Fsp3) is 0.542. The third kappa shape index (κ3) is 5.80. The van der Waals surface area contributed by atoms with Crippen LogP contribution in [0.5, 0.6) is 0 Å². The van der Waals surface area contributed by atoms with E-state index in [1.165, 1.54) is 24.7 Å². The molecule has 7 nitrogen and oxygen atoms in total. The van der Waals surface area contributed by atoms with Gasteiger partial charge < -0.3 is 15.3 Å². The van der Waals surface area contributed by atoms with Crippen molar-refractivity contribution in [1.82, 2.24) is 14.9 Å². The molecule has 1 amide bonds. The Morgan fingerprint density at radius 1 is 1.26 bits per heavy atom. The summed E-state index contributed by atoms with van der Waals surface area (Å²) in [6.45, 7) is 8.56. The van der Waals surface area contributed by atoms with Gasteiger partial charge in [-0.3, -0.25) is 9.69 Å². The Labute approximate surface area is 184 Å². The molecule has 2 aromatic rings. The van der Waals surface area contributed by atoms with Crippen molar-refractivity contribution in [1.29, 1.82) is 0 Å². The number of amides is 1. The molecule has 1 aromatic heterocycles. The summed E-state index contributed by atoms with van der Waals surface area (Å²) in [7, 11) is 0. The summed E-state index contributed by atoms with van der Waals surface area (Å²) in [5.41, 5.74) is 3.38. The zero-order valence-corrected chi connectivity index (χ0v) is 18.5. The van der Waals surface area contributed by atoms with Crippen molar-refractivity contribution in [2.24, 2.45) is 5.92 Å². The Morgan fingerprint density at radius 2 is 2.10 bits per heavy atom. The lowest BCUT2D eigenvalue weighted by atomic mass is 10.1. The number of nitrogens with one attached hydrogen (secondary N) is 1. The van der Waals surface area contributed by atoms with Crippen molar-refractivity contribution in [2.45, 2.75) is 52.2 Å². The van der Waals surface area contributed by atoms with Crippen LogP contribution in [0.25, 0.3) is 0 Å². The van der Waals surface area contributed by atoms with E-state index in [2.05, 4.69) is 38.1 Å². The first-order valence-electron chi connectivity index (χ1n) is 11.4. The molecule has 1 atom stereocenters. The number of aromatic nitrogens is 2. The second-order valence-corrected chi connectivity index (χ2v) is 8.93. The van der Waals surface area contributed by atoms with Crippen LogP contribution >= 0.6 is 0 Å². The SMILES string of the molecule is CCCN(CC1CC1)c1cc(C(=O)Nc2ccc(CN3CCC(O)C3)cc2C)ncn1. The number of carbonyl (C=O) groups is 1. The molecule has 1 unspecified atom stereocenters. The number of anilines is 2. The minimum Gasteiger partial charge on any atom is -0.392 e. The molecular weight excluding hydrogens is 390 g/mol. The number of hydrogen-bond donors (Lipinski definition) is 2. The third-order valence-corrected chi connectivity index (χ3v) is 6.07. The first-order chi connectivity index (χ1) is 15.0. The molecule has 2 heterocycles. The van der Waals surface area contributed by atoms with E-state index in [9.17, 15) is 9.90 Å². The highest BCUT2D eigenvalue weighted by Crippen LogP contribution is 2.31. The van der Waals surface area contributed by atoms with Gasteiger partial charge in [0.05, 0.1) is 6.10 Å². The maximum absolute atomic E-state index is 12.9. The Balaban J connectivity index is 1.41. The lowest BCUT2D eigenvalue weighted by Crippen LogP contribution is -2.28. The van der Waals surface area contributed by atoms with Gasteiger partial charge in [0.2, 0.25) is 0 Å². The Bertz CT molecular complexity index is 915. The van der Waals surface area contributed by atoms with E-state index >= 15 is 0 Å². The lowest BCUT2D eigenvalue weighted by Gasteiger charge is -2.23. The molecule has 4 rings (SSSR count). The maximum atomic E-state index is 12.9. The number of rotatable bonds is 9. The molecule has 1 saturated carbocycles. The topological polar surface area (TPSA) is 81.6 Å². The maximum Gasteiger partial charge on any atom is 0.274 e. The van der Waals surface area contributed by atoms with E-state index in [0.29, 0.717) is 5.69 Å². The van der Waals surface area contributed by atoms with Crippen molar-refractivity contribution in [3.8, 4) is 0 Å². The number of benzene rings is 1. The summed E-state index contributed by atoms with van der Waals surface area (Å²) < 4.78 is 0. The predicted octanol–water partition coefficient (Wildman–Crippen LogP) is 3.23. The average Bonchev–Trinajstić information content (AvgIpc) is 3.49. The summed E-state index contributed by atoms with van der Waals surface area (Å²) >= 11 is 0. The van der Waals surface area contributed by atoms with Gasteiger partial charge in [0.15, 0.2) is 0 Å². The molecule has 166 valence electrons. The summed E-state index contributed by atoms with van der Waals surface area (Å²) in [6.07, 6.45) is 5.72. The normalized spacial score (nSPS) is 18.9. The van der Waals surface area contributed by atoms with E-state index in [1.54, 1.807) is 6.07 Å². The fourth-order valence-corrected chi connectivity index (χ4v) is 4.19. The highest BCUT2D eigenvalue weighted by Gasteiger charge is 2.25. The van der Waals surface area contributed by atoms with Gasteiger partial charge in [-0.15, -0.1) is 0 Å². The van der Waals surface area contributed by atoms with E-state index < -0.39 is 0 Å². The molecule has 1 aromatic carbocycles. The number of β-amino-alcohol motifs (C(OH)–C–C–N with tert-alkyl or cyclic N) is 1. The summed E-state index contributed by atoms with van der Waals surface area (Å²) in [5, 5.41) is 12.7. The van der Waals surface area contributed by atoms with Crippen LogP contribution in [0.3, 0.4) is 0 Å². The largest absolute Gasteiger partial charge is 0.392 e. The second-order valence-electron chi connectivity index (χ2n) is 8.93. The number of aliphatic hydroxyl groups excluding tert-OH is 1. The van der Waals surface area contributed by atoms with Crippen molar-refractivity contribution >= 4 is 17.4 Å². The van der Waals surface area contributed by atoms with Crippen molar-refractivity contribution < 1.29 is 9.90 Å².